The molecule has 172 valence electrons. The summed E-state index contributed by atoms with van der Waals surface area (Å²) >= 11 is 5.92. The van der Waals surface area contributed by atoms with Crippen LogP contribution in [-0.2, 0) is 0 Å². The molecule has 4 aromatic rings. The van der Waals surface area contributed by atoms with Crippen LogP contribution in [0.5, 0.6) is 5.75 Å². The first-order chi connectivity index (χ1) is 16.5. The first kappa shape index (κ1) is 22.2. The second-order valence-corrected chi connectivity index (χ2v) is 8.97. The molecule has 1 fully saturated rings. The van der Waals surface area contributed by atoms with E-state index in [1.165, 1.54) is 22.5 Å². The third kappa shape index (κ3) is 3.64. The minimum Gasteiger partial charge on any atom is -0.497 e. The van der Waals surface area contributed by atoms with Gasteiger partial charge in [-0.25, -0.2) is 0 Å². The van der Waals surface area contributed by atoms with Crippen molar-refractivity contribution in [2.45, 2.75) is 32.9 Å². The number of hydrogen-bond acceptors (Lipinski definition) is 3. The van der Waals surface area contributed by atoms with Gasteiger partial charge in [-0.05, 0) is 75.0 Å². The summed E-state index contributed by atoms with van der Waals surface area (Å²) < 4.78 is 7.86. The van der Waals surface area contributed by atoms with Crippen LogP contribution < -0.4 is 15.0 Å². The zero-order valence-electron chi connectivity index (χ0n) is 19.8. The van der Waals surface area contributed by atoms with E-state index in [0.717, 1.165) is 22.8 Å². The lowest BCUT2D eigenvalue weighted by Gasteiger charge is -2.29. The molecule has 0 bridgehead atoms. The molecule has 5 nitrogen and oxygen atoms in total. The van der Waals surface area contributed by atoms with Crippen LogP contribution >= 0.6 is 12.2 Å². The van der Waals surface area contributed by atoms with Gasteiger partial charge < -0.3 is 19.5 Å². The highest BCUT2D eigenvalue weighted by atomic mass is 32.1. The fourth-order valence-corrected chi connectivity index (χ4v) is 5.44. The highest BCUT2D eigenvalue weighted by Gasteiger charge is 2.43. The predicted molar refractivity (Wildman–Crippen MR) is 141 cm³/mol. The number of methoxy groups -OCH3 is 1. The molecule has 1 aliphatic rings. The van der Waals surface area contributed by atoms with Crippen molar-refractivity contribution in [1.82, 2.24) is 14.9 Å². The van der Waals surface area contributed by atoms with E-state index in [0.29, 0.717) is 5.11 Å². The van der Waals surface area contributed by atoms with Crippen molar-refractivity contribution in [3.8, 4) is 11.4 Å². The molecule has 2 aromatic heterocycles. The van der Waals surface area contributed by atoms with Crippen LogP contribution in [0.4, 0.5) is 5.69 Å². The number of rotatable bonds is 5. The van der Waals surface area contributed by atoms with Crippen LogP contribution in [0, 0.1) is 20.8 Å². The summed E-state index contributed by atoms with van der Waals surface area (Å²) in [6.45, 7) is 6.59. The Morgan fingerprint density at radius 1 is 0.882 bits per heavy atom. The Balaban J connectivity index is 1.73. The summed E-state index contributed by atoms with van der Waals surface area (Å²) in [4.78, 5) is 6.91. The van der Waals surface area contributed by atoms with Crippen LogP contribution in [0.1, 0.15) is 40.3 Å². The summed E-state index contributed by atoms with van der Waals surface area (Å²) in [7, 11) is 1.69. The maximum Gasteiger partial charge on any atom is 0.174 e. The quantitative estimate of drug-likeness (QED) is 0.365. The minimum absolute atomic E-state index is 0.0711. The van der Waals surface area contributed by atoms with Crippen molar-refractivity contribution in [2.24, 2.45) is 0 Å². The number of nitrogens with zero attached hydrogens (tertiary/aromatic N) is 3. The molecule has 0 radical (unpaired) electrons. The van der Waals surface area contributed by atoms with Gasteiger partial charge in [0.25, 0.3) is 0 Å². The molecule has 2 atom stereocenters. The van der Waals surface area contributed by atoms with Crippen molar-refractivity contribution in [3.05, 3.63) is 107 Å². The summed E-state index contributed by atoms with van der Waals surface area (Å²) in [5, 5.41) is 4.25. The third-order valence-electron chi connectivity index (χ3n) is 6.75. The first-order valence-electron chi connectivity index (χ1n) is 11.4. The minimum atomic E-state index is -0.0941. The third-order valence-corrected chi connectivity index (χ3v) is 7.06. The van der Waals surface area contributed by atoms with Crippen molar-refractivity contribution >= 4 is 23.0 Å². The number of para-hydroxylation sites is 1. The molecule has 0 amide bonds. The van der Waals surface area contributed by atoms with Crippen molar-refractivity contribution in [3.63, 3.8) is 0 Å². The van der Waals surface area contributed by atoms with Gasteiger partial charge in [-0.2, -0.15) is 0 Å². The number of anilines is 1. The Kier molecular flexibility index (Phi) is 5.84. The number of ether oxygens (including phenoxy) is 1. The molecule has 1 aliphatic heterocycles. The van der Waals surface area contributed by atoms with Crippen molar-refractivity contribution < 1.29 is 4.74 Å². The average molecular weight is 469 g/mol. The van der Waals surface area contributed by atoms with Gasteiger partial charge in [-0.3, -0.25) is 4.98 Å². The Bertz CT molecular complexity index is 1330. The molecule has 0 unspecified atom stereocenters. The van der Waals surface area contributed by atoms with Crippen LogP contribution in [0.15, 0.2) is 79.0 Å². The molecule has 5 rings (SSSR count). The smallest absolute Gasteiger partial charge is 0.174 e. The summed E-state index contributed by atoms with van der Waals surface area (Å²) in [5.74, 6) is 0.798. The Morgan fingerprint density at radius 2 is 1.62 bits per heavy atom. The van der Waals surface area contributed by atoms with E-state index in [9.17, 15) is 0 Å². The molecule has 0 saturated carbocycles. The van der Waals surface area contributed by atoms with E-state index in [-0.39, 0.29) is 12.1 Å². The second-order valence-electron chi connectivity index (χ2n) is 8.58. The predicted octanol–water partition coefficient (Wildman–Crippen LogP) is 5.98. The maximum absolute atomic E-state index is 5.92. The van der Waals surface area contributed by atoms with Gasteiger partial charge in [0.05, 0.1) is 24.9 Å². The van der Waals surface area contributed by atoms with Crippen molar-refractivity contribution in [2.75, 3.05) is 12.0 Å². The maximum atomic E-state index is 5.92. The van der Waals surface area contributed by atoms with Crippen LogP contribution in [0.3, 0.4) is 0 Å². The van der Waals surface area contributed by atoms with Gasteiger partial charge in [0.2, 0.25) is 0 Å². The number of thiocarbonyl (C=S) groups is 1. The Hall–Kier alpha value is -3.64. The summed E-state index contributed by atoms with van der Waals surface area (Å²) in [5.41, 5.74) is 8.04. The lowest BCUT2D eigenvalue weighted by molar-refractivity contribution is 0.415. The van der Waals surface area contributed by atoms with E-state index in [4.69, 9.17) is 21.9 Å². The molecular formula is C28H28N4OS. The van der Waals surface area contributed by atoms with Gasteiger partial charge in [-0.1, -0.05) is 30.3 Å². The average Bonchev–Trinajstić information content (AvgIpc) is 3.32. The molecule has 0 spiro atoms. The lowest BCUT2D eigenvalue weighted by Crippen LogP contribution is -2.29. The number of benzene rings is 2. The second kappa shape index (κ2) is 8.95. The van der Waals surface area contributed by atoms with E-state index in [2.05, 4.69) is 72.0 Å². The summed E-state index contributed by atoms with van der Waals surface area (Å²) in [6.07, 6.45) is 1.84. The highest BCUT2D eigenvalue weighted by Crippen LogP contribution is 2.45. The number of aromatic nitrogens is 2. The molecule has 3 heterocycles. The zero-order chi connectivity index (χ0) is 23.8. The Morgan fingerprint density at radius 3 is 2.32 bits per heavy atom. The zero-order valence-corrected chi connectivity index (χ0v) is 20.6. The highest BCUT2D eigenvalue weighted by molar-refractivity contribution is 7.80. The molecule has 1 saturated heterocycles. The standard InChI is InChI=1S/C28H28N4OS/c1-18-19(2)31(21-11-6-5-7-12-21)20(3)25(18)27-26(24-15-8-9-16-29-24)30-28(34)32(27)22-13-10-14-23(17-22)33-4/h5-17,26-27H,1-4H3,(H,30,34)/t26-,27+/m1/s1. The number of nitrogens with one attached hydrogen (secondary N) is 1. The topological polar surface area (TPSA) is 42.3 Å². The van der Waals surface area contributed by atoms with E-state index in [1.807, 2.05) is 42.6 Å². The molecular weight excluding hydrogens is 440 g/mol. The fourth-order valence-electron chi connectivity index (χ4n) is 5.09. The normalized spacial score (nSPS) is 17.6. The van der Waals surface area contributed by atoms with Gasteiger partial charge in [-0.15, -0.1) is 0 Å². The van der Waals surface area contributed by atoms with Crippen LogP contribution in [0.2, 0.25) is 0 Å². The van der Waals surface area contributed by atoms with Crippen LogP contribution in [-0.4, -0.2) is 21.8 Å². The van der Waals surface area contributed by atoms with Gasteiger partial charge in [0.15, 0.2) is 5.11 Å². The van der Waals surface area contributed by atoms with E-state index < -0.39 is 0 Å². The number of hydrogen-bond donors (Lipinski definition) is 1. The Labute approximate surface area is 206 Å². The van der Waals surface area contributed by atoms with Gasteiger partial charge >= 0.3 is 0 Å². The molecule has 34 heavy (non-hydrogen) atoms. The molecule has 1 N–H and O–H groups in total. The van der Waals surface area contributed by atoms with E-state index in [1.54, 1.807) is 7.11 Å². The summed E-state index contributed by atoms with van der Waals surface area (Å²) in [6, 6.07) is 24.4. The fraction of sp³-hybridized carbons (Fsp3) is 0.214. The SMILES string of the molecule is COc1cccc(N2C(=S)N[C@H](c3ccccn3)[C@@H]2c2c(C)c(C)n(-c3ccccc3)c2C)c1. The molecule has 6 heteroatoms. The van der Waals surface area contributed by atoms with Gasteiger partial charge in [0.1, 0.15) is 5.75 Å². The number of pyridine rings is 1. The molecule has 2 aromatic carbocycles. The van der Waals surface area contributed by atoms with Crippen LogP contribution in [0.25, 0.3) is 5.69 Å². The van der Waals surface area contributed by atoms with Crippen molar-refractivity contribution in [1.29, 1.82) is 0 Å². The first-order valence-corrected chi connectivity index (χ1v) is 11.8. The molecule has 0 aliphatic carbocycles. The van der Waals surface area contributed by atoms with E-state index >= 15 is 0 Å². The monoisotopic (exact) mass is 468 g/mol. The largest absolute Gasteiger partial charge is 0.497 e. The van der Waals surface area contributed by atoms with Gasteiger partial charge in [0, 0.05) is 40.6 Å². The lowest BCUT2D eigenvalue weighted by atomic mass is 9.93.